The maximum atomic E-state index is 14.1. The Morgan fingerprint density at radius 3 is 2.86 bits per heavy atom. The van der Waals surface area contributed by atoms with E-state index in [2.05, 4.69) is 9.98 Å². The molecular formula is C15H18FN5O. The number of aliphatic imine (C=N–C) groups is 1. The van der Waals surface area contributed by atoms with Crippen LogP contribution in [-0.4, -0.2) is 46.7 Å². The minimum atomic E-state index is -0.310. The summed E-state index contributed by atoms with van der Waals surface area (Å²) in [7, 11) is 0. The van der Waals surface area contributed by atoms with Gasteiger partial charge in [-0.3, -0.25) is 0 Å². The Kier molecular flexibility index (Phi) is 4.34. The fourth-order valence-corrected chi connectivity index (χ4v) is 2.32. The number of guanidine groups is 1. The van der Waals surface area contributed by atoms with Crippen molar-refractivity contribution < 1.29 is 9.13 Å². The quantitative estimate of drug-likeness (QED) is 0.682. The predicted molar refractivity (Wildman–Crippen MR) is 81.2 cm³/mol. The molecule has 0 atom stereocenters. The molecule has 0 spiro atoms. The minimum absolute atomic E-state index is 0.310. The maximum Gasteiger partial charge on any atom is 0.191 e. The second-order valence-corrected chi connectivity index (χ2v) is 5.03. The van der Waals surface area contributed by atoms with E-state index in [0.717, 1.165) is 18.7 Å². The van der Waals surface area contributed by atoms with Gasteiger partial charge in [-0.25, -0.2) is 14.4 Å². The van der Waals surface area contributed by atoms with Crippen molar-refractivity contribution in [2.45, 2.75) is 6.54 Å². The molecule has 1 fully saturated rings. The molecule has 1 aliphatic rings. The van der Waals surface area contributed by atoms with Crippen LogP contribution >= 0.6 is 0 Å². The third kappa shape index (κ3) is 3.25. The van der Waals surface area contributed by atoms with Gasteiger partial charge in [0.2, 0.25) is 0 Å². The van der Waals surface area contributed by atoms with Gasteiger partial charge in [-0.05, 0) is 17.7 Å². The summed E-state index contributed by atoms with van der Waals surface area (Å²) in [5.74, 6) is 0.165. The fraction of sp³-hybridized carbons (Fsp3) is 0.333. The first-order valence-electron chi connectivity index (χ1n) is 7.13. The summed E-state index contributed by atoms with van der Waals surface area (Å²) in [4.78, 5) is 10.2. The number of hydrogen-bond acceptors (Lipinski definition) is 3. The smallest absolute Gasteiger partial charge is 0.191 e. The zero-order valence-corrected chi connectivity index (χ0v) is 12.2. The Morgan fingerprint density at radius 2 is 2.18 bits per heavy atom. The van der Waals surface area contributed by atoms with Gasteiger partial charge in [0.15, 0.2) is 5.96 Å². The molecule has 1 aromatic heterocycles. The van der Waals surface area contributed by atoms with Crippen molar-refractivity contribution in [3.63, 3.8) is 0 Å². The molecule has 3 rings (SSSR count). The fourth-order valence-electron chi connectivity index (χ4n) is 2.32. The molecule has 0 aliphatic carbocycles. The number of imidazole rings is 1. The van der Waals surface area contributed by atoms with Crippen molar-refractivity contribution in [3.8, 4) is 5.69 Å². The number of ether oxygens (including phenoxy) is 1. The highest BCUT2D eigenvalue weighted by molar-refractivity contribution is 5.78. The highest BCUT2D eigenvalue weighted by atomic mass is 19.1. The van der Waals surface area contributed by atoms with Crippen LogP contribution in [-0.2, 0) is 11.3 Å². The van der Waals surface area contributed by atoms with Crippen LogP contribution in [0.1, 0.15) is 5.56 Å². The Balaban J connectivity index is 1.69. The van der Waals surface area contributed by atoms with E-state index in [9.17, 15) is 4.39 Å². The van der Waals surface area contributed by atoms with E-state index in [1.54, 1.807) is 29.4 Å². The summed E-state index contributed by atoms with van der Waals surface area (Å²) in [6, 6.07) is 5.03. The van der Waals surface area contributed by atoms with Gasteiger partial charge in [-0.2, -0.15) is 0 Å². The Morgan fingerprint density at radius 1 is 1.36 bits per heavy atom. The van der Waals surface area contributed by atoms with E-state index in [4.69, 9.17) is 10.5 Å². The molecule has 6 nitrogen and oxygen atoms in total. The molecule has 0 amide bonds. The van der Waals surface area contributed by atoms with E-state index in [0.29, 0.717) is 31.4 Å². The summed E-state index contributed by atoms with van der Waals surface area (Å²) in [6.07, 6.45) is 4.87. The SMILES string of the molecule is NC(=NCc1ccc(-n2ccnc2)c(F)c1)N1CCOCC1. The Labute approximate surface area is 128 Å². The monoisotopic (exact) mass is 303 g/mol. The number of rotatable bonds is 3. The molecule has 1 saturated heterocycles. The molecule has 1 aliphatic heterocycles. The third-order valence-electron chi connectivity index (χ3n) is 3.55. The predicted octanol–water partition coefficient (Wildman–Crippen LogP) is 1.16. The number of aromatic nitrogens is 2. The molecule has 2 N–H and O–H groups in total. The number of morpholine rings is 1. The van der Waals surface area contributed by atoms with Crippen molar-refractivity contribution in [2.24, 2.45) is 10.7 Å². The topological polar surface area (TPSA) is 68.7 Å². The van der Waals surface area contributed by atoms with Crippen molar-refractivity contribution in [1.29, 1.82) is 0 Å². The zero-order valence-electron chi connectivity index (χ0n) is 12.2. The van der Waals surface area contributed by atoms with Gasteiger partial charge in [-0.15, -0.1) is 0 Å². The molecule has 0 bridgehead atoms. The van der Waals surface area contributed by atoms with E-state index in [1.807, 2.05) is 11.0 Å². The first-order valence-corrected chi connectivity index (χ1v) is 7.13. The van der Waals surface area contributed by atoms with Crippen LogP contribution in [0, 0.1) is 5.82 Å². The average Bonchev–Trinajstić information content (AvgIpc) is 3.07. The molecular weight excluding hydrogens is 285 g/mol. The van der Waals surface area contributed by atoms with Gasteiger partial charge >= 0.3 is 0 Å². The van der Waals surface area contributed by atoms with Crippen molar-refractivity contribution in [2.75, 3.05) is 26.3 Å². The lowest BCUT2D eigenvalue weighted by molar-refractivity contribution is 0.0674. The Bertz CT molecular complexity index is 650. The largest absolute Gasteiger partial charge is 0.378 e. The molecule has 0 unspecified atom stereocenters. The molecule has 1 aromatic carbocycles. The molecule has 7 heteroatoms. The van der Waals surface area contributed by atoms with Crippen LogP contribution in [0.2, 0.25) is 0 Å². The summed E-state index contributed by atoms with van der Waals surface area (Å²) >= 11 is 0. The molecule has 116 valence electrons. The normalized spacial score (nSPS) is 16.0. The summed E-state index contributed by atoms with van der Waals surface area (Å²) in [5.41, 5.74) is 7.20. The number of benzene rings is 1. The first kappa shape index (κ1) is 14.5. The van der Waals surface area contributed by atoms with E-state index >= 15 is 0 Å². The number of hydrogen-bond donors (Lipinski definition) is 1. The van der Waals surface area contributed by atoms with Gasteiger partial charge < -0.3 is 19.9 Å². The van der Waals surface area contributed by atoms with Crippen LogP contribution in [0.25, 0.3) is 5.69 Å². The molecule has 2 aromatic rings. The second kappa shape index (κ2) is 6.57. The lowest BCUT2D eigenvalue weighted by Gasteiger charge is -2.27. The highest BCUT2D eigenvalue weighted by Gasteiger charge is 2.12. The third-order valence-corrected chi connectivity index (χ3v) is 3.55. The summed E-state index contributed by atoms with van der Waals surface area (Å²) < 4.78 is 21.0. The number of nitrogens with two attached hydrogens (primary N) is 1. The second-order valence-electron chi connectivity index (χ2n) is 5.03. The standard InChI is InChI=1S/C15H18FN5O/c16-13-9-12(1-2-14(13)21-4-3-18-11-21)10-19-15(17)20-5-7-22-8-6-20/h1-4,9,11H,5-8,10H2,(H2,17,19). The van der Waals surface area contributed by atoms with E-state index in [-0.39, 0.29) is 5.82 Å². The van der Waals surface area contributed by atoms with E-state index < -0.39 is 0 Å². The molecule has 2 heterocycles. The van der Waals surface area contributed by atoms with Gasteiger partial charge in [0, 0.05) is 25.5 Å². The highest BCUT2D eigenvalue weighted by Crippen LogP contribution is 2.15. The first-order chi connectivity index (χ1) is 10.7. The van der Waals surface area contributed by atoms with Crippen LogP contribution in [0.4, 0.5) is 4.39 Å². The van der Waals surface area contributed by atoms with Crippen LogP contribution in [0.5, 0.6) is 0 Å². The lowest BCUT2D eigenvalue weighted by atomic mass is 10.2. The van der Waals surface area contributed by atoms with Gasteiger partial charge in [0.05, 0.1) is 31.8 Å². The summed E-state index contributed by atoms with van der Waals surface area (Å²) in [5, 5.41) is 0. The van der Waals surface area contributed by atoms with Gasteiger partial charge in [0.25, 0.3) is 0 Å². The van der Waals surface area contributed by atoms with E-state index in [1.165, 1.54) is 6.07 Å². The van der Waals surface area contributed by atoms with Crippen molar-refractivity contribution in [1.82, 2.24) is 14.5 Å². The van der Waals surface area contributed by atoms with Crippen molar-refractivity contribution >= 4 is 5.96 Å². The van der Waals surface area contributed by atoms with Gasteiger partial charge in [-0.1, -0.05) is 6.07 Å². The zero-order chi connectivity index (χ0) is 15.4. The molecule has 22 heavy (non-hydrogen) atoms. The molecule has 0 radical (unpaired) electrons. The average molecular weight is 303 g/mol. The van der Waals surface area contributed by atoms with Gasteiger partial charge in [0.1, 0.15) is 5.82 Å². The van der Waals surface area contributed by atoms with Crippen LogP contribution in [0.15, 0.2) is 41.9 Å². The number of halogens is 1. The Hall–Kier alpha value is -2.41. The lowest BCUT2D eigenvalue weighted by Crippen LogP contribution is -2.44. The van der Waals surface area contributed by atoms with Crippen LogP contribution in [0.3, 0.4) is 0 Å². The molecule has 0 saturated carbocycles. The van der Waals surface area contributed by atoms with Crippen molar-refractivity contribution in [3.05, 3.63) is 48.3 Å². The summed E-state index contributed by atoms with van der Waals surface area (Å²) in [6.45, 7) is 3.14. The minimum Gasteiger partial charge on any atom is -0.378 e. The maximum absolute atomic E-state index is 14.1. The van der Waals surface area contributed by atoms with Crippen LogP contribution < -0.4 is 5.73 Å². The number of nitrogens with zero attached hydrogens (tertiary/aromatic N) is 4.